The molecular weight excluding hydrogens is 342 g/mol. The average Bonchev–Trinajstić information content (AvgIpc) is 2.60. The second-order valence-corrected chi connectivity index (χ2v) is 7.30. The lowest BCUT2D eigenvalue weighted by Gasteiger charge is -2.15. The maximum absolute atomic E-state index is 12.7. The third-order valence-corrected chi connectivity index (χ3v) is 3.86. The van der Waals surface area contributed by atoms with Crippen LogP contribution >= 0.6 is 0 Å². The molecule has 1 heterocycles. The van der Waals surface area contributed by atoms with Gasteiger partial charge in [0, 0.05) is 31.5 Å². The van der Waals surface area contributed by atoms with Crippen molar-refractivity contribution in [2.45, 2.75) is 46.8 Å². The van der Waals surface area contributed by atoms with E-state index in [1.54, 1.807) is 4.57 Å². The van der Waals surface area contributed by atoms with E-state index in [9.17, 15) is 14.4 Å². The van der Waals surface area contributed by atoms with E-state index < -0.39 is 17.2 Å². The molecule has 0 fully saturated rings. The number of nitrogens with zero attached hydrogens (tertiary/aromatic N) is 1. The Morgan fingerprint density at radius 2 is 1.56 bits per heavy atom. The number of rotatable bonds is 7. The second kappa shape index (κ2) is 9.16. The monoisotopic (exact) mass is 369 g/mol. The minimum atomic E-state index is -0.557. The van der Waals surface area contributed by atoms with Gasteiger partial charge in [-0.1, -0.05) is 44.2 Å². The summed E-state index contributed by atoms with van der Waals surface area (Å²) in [5.74, 6) is -0.653. The van der Waals surface area contributed by atoms with Crippen LogP contribution < -0.4 is 16.1 Å². The van der Waals surface area contributed by atoms with E-state index in [0.717, 1.165) is 5.56 Å². The molecule has 2 rings (SSSR count). The topological polar surface area (TPSA) is 80.2 Å². The molecule has 0 aliphatic carbocycles. The summed E-state index contributed by atoms with van der Waals surface area (Å²) < 4.78 is 1.73. The molecule has 0 radical (unpaired) electrons. The first-order valence-electron chi connectivity index (χ1n) is 9.15. The van der Waals surface area contributed by atoms with E-state index in [2.05, 4.69) is 10.6 Å². The van der Waals surface area contributed by atoms with Crippen LogP contribution in [0.4, 0.5) is 0 Å². The molecule has 6 nitrogen and oxygen atoms in total. The predicted molar refractivity (Wildman–Crippen MR) is 106 cm³/mol. The highest BCUT2D eigenvalue weighted by molar-refractivity contribution is 5.99. The first-order valence-corrected chi connectivity index (χ1v) is 9.15. The third-order valence-electron chi connectivity index (χ3n) is 3.86. The minimum Gasteiger partial charge on any atom is -0.352 e. The molecule has 6 heteroatoms. The zero-order chi connectivity index (χ0) is 20.0. The number of hydrogen-bond donors (Lipinski definition) is 2. The number of carbonyl (C=O) groups excluding carboxylic acids is 2. The molecule has 0 saturated carbocycles. The van der Waals surface area contributed by atoms with Crippen LogP contribution in [0.25, 0.3) is 0 Å². The van der Waals surface area contributed by atoms with E-state index >= 15 is 0 Å². The summed E-state index contributed by atoms with van der Waals surface area (Å²) in [4.78, 5) is 37.8. The predicted octanol–water partition coefficient (Wildman–Crippen LogP) is 2.57. The highest BCUT2D eigenvalue weighted by atomic mass is 16.2. The summed E-state index contributed by atoms with van der Waals surface area (Å²) in [6.07, 6.45) is 3.04. The normalized spacial score (nSPS) is 10.9. The third kappa shape index (κ3) is 5.81. The summed E-state index contributed by atoms with van der Waals surface area (Å²) in [7, 11) is 0. The molecule has 0 aliphatic rings. The number of nitrogens with one attached hydrogen (secondary N) is 2. The molecule has 27 heavy (non-hydrogen) atoms. The van der Waals surface area contributed by atoms with Gasteiger partial charge < -0.3 is 15.2 Å². The highest BCUT2D eigenvalue weighted by Crippen LogP contribution is 2.05. The Bertz CT molecular complexity index is 855. The fourth-order valence-electron chi connectivity index (χ4n) is 2.70. The van der Waals surface area contributed by atoms with Crippen molar-refractivity contribution in [1.29, 1.82) is 0 Å². The summed E-state index contributed by atoms with van der Waals surface area (Å²) in [5, 5.41) is 5.48. The van der Waals surface area contributed by atoms with Crippen molar-refractivity contribution in [3.05, 3.63) is 69.6 Å². The van der Waals surface area contributed by atoms with Crippen LogP contribution in [0.1, 0.15) is 54.0 Å². The average molecular weight is 369 g/mol. The van der Waals surface area contributed by atoms with Crippen molar-refractivity contribution < 1.29 is 9.59 Å². The molecule has 2 aromatic rings. The molecule has 0 unspecified atom stereocenters. The lowest BCUT2D eigenvalue weighted by molar-refractivity contribution is 0.0941. The van der Waals surface area contributed by atoms with Crippen LogP contribution in [0.5, 0.6) is 0 Å². The van der Waals surface area contributed by atoms with Crippen LogP contribution in [-0.2, 0) is 13.1 Å². The van der Waals surface area contributed by atoms with Gasteiger partial charge >= 0.3 is 0 Å². The molecule has 1 aromatic carbocycles. The number of amides is 2. The van der Waals surface area contributed by atoms with E-state index in [1.165, 1.54) is 12.4 Å². The number of carbonyl (C=O) groups is 2. The number of hydrogen-bond acceptors (Lipinski definition) is 3. The molecule has 2 amide bonds. The zero-order valence-corrected chi connectivity index (χ0v) is 16.3. The number of pyridine rings is 1. The van der Waals surface area contributed by atoms with Crippen LogP contribution in [0, 0.1) is 5.92 Å². The van der Waals surface area contributed by atoms with Crippen LogP contribution in [-0.4, -0.2) is 22.4 Å². The van der Waals surface area contributed by atoms with Gasteiger partial charge in [-0.25, -0.2) is 0 Å². The van der Waals surface area contributed by atoms with Crippen LogP contribution in [0.3, 0.4) is 0 Å². The molecule has 0 aliphatic heterocycles. The SMILES string of the molecule is CC(C)Cn1cc(C(=O)NCc2ccccc2)c(=O)c(C(=O)NC(C)C)c1. The molecule has 144 valence electrons. The molecule has 2 N–H and O–H groups in total. The van der Waals surface area contributed by atoms with E-state index in [0.29, 0.717) is 19.0 Å². The lowest BCUT2D eigenvalue weighted by Crippen LogP contribution is -2.37. The van der Waals surface area contributed by atoms with Gasteiger partial charge in [-0.3, -0.25) is 14.4 Å². The fourth-order valence-corrected chi connectivity index (χ4v) is 2.70. The maximum atomic E-state index is 12.7. The summed E-state index contributed by atoms with van der Waals surface area (Å²) >= 11 is 0. The van der Waals surface area contributed by atoms with Crippen LogP contribution in [0.2, 0.25) is 0 Å². The van der Waals surface area contributed by atoms with Crippen LogP contribution in [0.15, 0.2) is 47.5 Å². The molecular formula is C21H27N3O3. The Hall–Kier alpha value is -2.89. The van der Waals surface area contributed by atoms with Crippen molar-refractivity contribution in [2.24, 2.45) is 5.92 Å². The molecule has 0 atom stereocenters. The van der Waals surface area contributed by atoms with Crippen molar-refractivity contribution in [3.8, 4) is 0 Å². The standard InChI is InChI=1S/C21H27N3O3/c1-14(2)11-24-12-17(19(25)18(13-24)21(27)23-15(3)4)20(26)22-10-16-8-6-5-7-9-16/h5-9,12-15H,10-11H2,1-4H3,(H,22,26)(H,23,27). The fraction of sp³-hybridized carbons (Fsp3) is 0.381. The van der Waals surface area contributed by atoms with Crippen molar-refractivity contribution in [2.75, 3.05) is 0 Å². The molecule has 0 saturated heterocycles. The highest BCUT2D eigenvalue weighted by Gasteiger charge is 2.20. The van der Waals surface area contributed by atoms with Gasteiger partial charge in [0.1, 0.15) is 11.1 Å². The van der Waals surface area contributed by atoms with Crippen molar-refractivity contribution in [3.63, 3.8) is 0 Å². The van der Waals surface area contributed by atoms with Gasteiger partial charge in [0.15, 0.2) is 0 Å². The van der Waals surface area contributed by atoms with Gasteiger partial charge in [-0.15, -0.1) is 0 Å². The maximum Gasteiger partial charge on any atom is 0.257 e. The summed E-state index contributed by atoms with van der Waals surface area (Å²) in [6, 6.07) is 9.34. The first kappa shape index (κ1) is 20.4. The molecule has 0 bridgehead atoms. The Labute approximate surface area is 159 Å². The van der Waals surface area contributed by atoms with E-state index in [4.69, 9.17) is 0 Å². The zero-order valence-electron chi connectivity index (χ0n) is 16.3. The Morgan fingerprint density at radius 3 is 2.11 bits per heavy atom. The van der Waals surface area contributed by atoms with E-state index in [-0.39, 0.29) is 17.2 Å². The van der Waals surface area contributed by atoms with Crippen molar-refractivity contribution >= 4 is 11.8 Å². The quantitative estimate of drug-likeness (QED) is 0.787. The molecule has 1 aromatic heterocycles. The number of benzene rings is 1. The Kier molecular flexibility index (Phi) is 6.93. The van der Waals surface area contributed by atoms with Gasteiger partial charge in [-0.05, 0) is 25.3 Å². The summed E-state index contributed by atoms with van der Waals surface area (Å²) in [6.45, 7) is 8.61. The number of aromatic nitrogens is 1. The Balaban J connectivity index is 2.33. The summed E-state index contributed by atoms with van der Waals surface area (Å²) in [5.41, 5.74) is 0.334. The Morgan fingerprint density at radius 1 is 0.963 bits per heavy atom. The van der Waals surface area contributed by atoms with Gasteiger partial charge in [0.05, 0.1) is 0 Å². The molecule has 0 spiro atoms. The minimum absolute atomic E-state index is 0.0169. The largest absolute Gasteiger partial charge is 0.352 e. The first-order chi connectivity index (χ1) is 12.8. The second-order valence-electron chi connectivity index (χ2n) is 7.30. The van der Waals surface area contributed by atoms with Crippen molar-refractivity contribution in [1.82, 2.24) is 15.2 Å². The smallest absolute Gasteiger partial charge is 0.257 e. The van der Waals surface area contributed by atoms with Gasteiger partial charge in [0.25, 0.3) is 11.8 Å². The lowest BCUT2D eigenvalue weighted by atomic mass is 10.1. The van der Waals surface area contributed by atoms with Gasteiger partial charge in [0.2, 0.25) is 5.43 Å². The van der Waals surface area contributed by atoms with E-state index in [1.807, 2.05) is 58.0 Å². The van der Waals surface area contributed by atoms with Gasteiger partial charge in [-0.2, -0.15) is 0 Å².